The molecule has 0 saturated heterocycles. The van der Waals surface area contributed by atoms with E-state index in [1.807, 2.05) is 38.1 Å². The Hall–Kier alpha value is -1.58. The molecule has 0 radical (unpaired) electrons. The van der Waals surface area contributed by atoms with Crippen molar-refractivity contribution in [3.8, 4) is 0 Å². The molecule has 0 spiro atoms. The van der Waals surface area contributed by atoms with Crippen LogP contribution in [0.5, 0.6) is 0 Å². The number of nitrogens with zero attached hydrogens (tertiary/aromatic N) is 2. The van der Waals surface area contributed by atoms with Crippen molar-refractivity contribution in [3.63, 3.8) is 0 Å². The first kappa shape index (κ1) is 11.5. The summed E-state index contributed by atoms with van der Waals surface area (Å²) in [6.07, 6.45) is 0.785. The summed E-state index contributed by atoms with van der Waals surface area (Å²) in [6.45, 7) is 4.80. The molecular weight excluding hydrogens is 192 g/mol. The maximum atomic E-state index is 10.7. The molecule has 15 heavy (non-hydrogen) atoms. The molecule has 0 heterocycles. The maximum absolute atomic E-state index is 10.7. The van der Waals surface area contributed by atoms with E-state index in [2.05, 4.69) is 0 Å². The lowest BCUT2D eigenvalue weighted by atomic mass is 10.1. The summed E-state index contributed by atoms with van der Waals surface area (Å²) in [5.74, 6) is 0. The molecule has 0 unspecified atom stereocenters. The fourth-order valence-electron chi connectivity index (χ4n) is 1.38. The minimum atomic E-state index is -0.330. The summed E-state index contributed by atoms with van der Waals surface area (Å²) in [6, 6.07) is 7.81. The van der Waals surface area contributed by atoms with Crippen LogP contribution in [0.3, 0.4) is 0 Å². The Balaban J connectivity index is 2.65. The lowest BCUT2D eigenvalue weighted by Gasteiger charge is -2.13. The van der Waals surface area contributed by atoms with Crippen molar-refractivity contribution < 1.29 is 5.03 Å². The maximum Gasteiger partial charge on any atom is 0.160 e. The molecule has 0 aliphatic rings. The first-order valence-corrected chi connectivity index (χ1v) is 5.08. The van der Waals surface area contributed by atoms with Crippen LogP contribution in [0.1, 0.15) is 24.5 Å². The molecule has 0 atom stereocenters. The first-order chi connectivity index (χ1) is 7.13. The number of aryl methyl sites for hydroxylation is 1. The quantitative estimate of drug-likeness (QED) is 0.551. The lowest BCUT2D eigenvalue weighted by molar-refractivity contribution is -0.659. The third-order valence-electron chi connectivity index (χ3n) is 2.20. The predicted molar refractivity (Wildman–Crippen MR) is 58.9 cm³/mol. The molecule has 1 aromatic rings. The molecule has 0 aliphatic heterocycles. The van der Waals surface area contributed by atoms with Gasteiger partial charge in [0.05, 0.1) is 6.54 Å². The Morgan fingerprint density at radius 2 is 1.93 bits per heavy atom. The van der Waals surface area contributed by atoms with Gasteiger partial charge in [0.1, 0.15) is 6.54 Å². The van der Waals surface area contributed by atoms with Crippen molar-refractivity contribution in [1.82, 2.24) is 5.01 Å². The zero-order valence-electron chi connectivity index (χ0n) is 9.14. The zero-order chi connectivity index (χ0) is 11.3. The van der Waals surface area contributed by atoms with E-state index in [1.54, 1.807) is 0 Å². The molecule has 1 rings (SSSR count). The molecule has 0 bridgehead atoms. The number of rotatable bonds is 5. The Kier molecular flexibility index (Phi) is 4.09. The van der Waals surface area contributed by atoms with E-state index in [0.29, 0.717) is 13.1 Å². The second kappa shape index (κ2) is 5.34. The van der Waals surface area contributed by atoms with Crippen LogP contribution in [-0.4, -0.2) is 16.6 Å². The van der Waals surface area contributed by atoms with Crippen LogP contribution < -0.4 is 0 Å². The first-order valence-electron chi connectivity index (χ1n) is 5.08. The fourth-order valence-corrected chi connectivity index (χ4v) is 1.38. The summed E-state index contributed by atoms with van der Waals surface area (Å²) in [4.78, 5) is 10.7. The van der Waals surface area contributed by atoms with Gasteiger partial charge in [0.15, 0.2) is 5.03 Å². The molecule has 82 valence electrons. The van der Waals surface area contributed by atoms with E-state index < -0.39 is 0 Å². The number of hydrogen-bond donors (Lipinski definition) is 0. The third-order valence-corrected chi connectivity index (χ3v) is 2.20. The van der Waals surface area contributed by atoms with Crippen LogP contribution in [0.2, 0.25) is 0 Å². The van der Waals surface area contributed by atoms with Gasteiger partial charge in [-0.2, -0.15) is 0 Å². The third kappa shape index (κ3) is 3.58. The highest BCUT2D eigenvalue weighted by atomic mass is 16.7. The summed E-state index contributed by atoms with van der Waals surface area (Å²) in [7, 11) is 0. The molecule has 4 heteroatoms. The van der Waals surface area contributed by atoms with Crippen molar-refractivity contribution in [2.75, 3.05) is 6.54 Å². The van der Waals surface area contributed by atoms with Gasteiger partial charge < -0.3 is 0 Å². The van der Waals surface area contributed by atoms with Crippen molar-refractivity contribution in [2.24, 2.45) is 0 Å². The van der Waals surface area contributed by atoms with Crippen LogP contribution in [0, 0.1) is 17.0 Å². The van der Waals surface area contributed by atoms with E-state index in [-0.39, 0.29) is 5.03 Å². The number of hydrogen-bond acceptors (Lipinski definition) is 2. The van der Waals surface area contributed by atoms with Gasteiger partial charge >= 0.3 is 0 Å². The highest BCUT2D eigenvalue weighted by molar-refractivity contribution is 5.20. The summed E-state index contributed by atoms with van der Waals surface area (Å²) in [5, 5.41) is 11.6. The average molecular weight is 208 g/mol. The van der Waals surface area contributed by atoms with E-state index >= 15 is 0 Å². The molecule has 1 aromatic carbocycles. The lowest BCUT2D eigenvalue weighted by Crippen LogP contribution is -2.30. The second-order valence-electron chi connectivity index (χ2n) is 3.61. The van der Waals surface area contributed by atoms with Crippen LogP contribution in [0.15, 0.2) is 24.3 Å². The molecule has 0 N–H and O–H groups in total. The smallest absolute Gasteiger partial charge is 0.160 e. The van der Waals surface area contributed by atoms with Crippen molar-refractivity contribution in [2.45, 2.75) is 26.8 Å². The van der Waals surface area contributed by atoms with Crippen LogP contribution in [0.4, 0.5) is 0 Å². The number of hydrazine groups is 1. The van der Waals surface area contributed by atoms with Gasteiger partial charge in [0.25, 0.3) is 0 Å². The molecule has 0 fully saturated rings. The Morgan fingerprint density at radius 3 is 2.40 bits per heavy atom. The van der Waals surface area contributed by atoms with Crippen LogP contribution in [0.25, 0.3) is 0 Å². The van der Waals surface area contributed by atoms with Gasteiger partial charge in [-0.3, -0.25) is 0 Å². The molecule has 0 amide bonds. The van der Waals surface area contributed by atoms with Crippen molar-refractivity contribution in [1.29, 1.82) is 0 Å². The second-order valence-corrected chi connectivity index (χ2v) is 3.61. The zero-order valence-corrected chi connectivity index (χ0v) is 9.14. The molecule has 0 aliphatic carbocycles. The summed E-state index contributed by atoms with van der Waals surface area (Å²) < 4.78 is 0. The Morgan fingerprint density at radius 1 is 1.33 bits per heavy atom. The standard InChI is InChI=1S/C11H16N2O2/c1-3-8-12(13(14)15)9-11-6-4-10(2)5-7-11/h4-7H,3,8-9H2,1-2H3. The minimum absolute atomic E-state index is 0.330. The van der Waals surface area contributed by atoms with Gasteiger partial charge in [-0.25, -0.2) is 10.1 Å². The van der Waals surface area contributed by atoms with Crippen molar-refractivity contribution in [3.05, 3.63) is 45.5 Å². The average Bonchev–Trinajstić information content (AvgIpc) is 2.20. The van der Waals surface area contributed by atoms with E-state index in [1.165, 1.54) is 10.6 Å². The highest BCUT2D eigenvalue weighted by Gasteiger charge is 2.12. The van der Waals surface area contributed by atoms with E-state index in [4.69, 9.17) is 0 Å². The monoisotopic (exact) mass is 208 g/mol. The number of benzene rings is 1. The van der Waals surface area contributed by atoms with Gasteiger partial charge in [-0.15, -0.1) is 5.01 Å². The van der Waals surface area contributed by atoms with Gasteiger partial charge in [-0.1, -0.05) is 36.8 Å². The highest BCUT2D eigenvalue weighted by Crippen LogP contribution is 2.07. The predicted octanol–water partition coefficient (Wildman–Crippen LogP) is 2.40. The fraction of sp³-hybridized carbons (Fsp3) is 0.455. The Bertz CT molecular complexity index is 322. The van der Waals surface area contributed by atoms with Gasteiger partial charge in [-0.05, 0) is 18.9 Å². The summed E-state index contributed by atoms with van der Waals surface area (Å²) in [5.41, 5.74) is 2.15. The van der Waals surface area contributed by atoms with Crippen LogP contribution in [-0.2, 0) is 6.54 Å². The van der Waals surface area contributed by atoms with E-state index in [9.17, 15) is 10.1 Å². The van der Waals surface area contributed by atoms with Crippen molar-refractivity contribution >= 4 is 0 Å². The van der Waals surface area contributed by atoms with Gasteiger partial charge in [0, 0.05) is 0 Å². The molecule has 0 aromatic heterocycles. The minimum Gasteiger partial charge on any atom is -0.235 e. The summed E-state index contributed by atoms with van der Waals surface area (Å²) >= 11 is 0. The SMILES string of the molecule is CCCN(Cc1ccc(C)cc1)[N+](=O)[O-]. The normalized spacial score (nSPS) is 10.0. The van der Waals surface area contributed by atoms with E-state index in [0.717, 1.165) is 12.0 Å². The van der Waals surface area contributed by atoms with Gasteiger partial charge in [0.2, 0.25) is 0 Å². The van der Waals surface area contributed by atoms with Crippen LogP contribution >= 0.6 is 0 Å². The molecule has 4 nitrogen and oxygen atoms in total. The molecule has 0 saturated carbocycles. The Labute approximate surface area is 89.6 Å². The number of nitro groups is 1. The molecular formula is C11H16N2O2. The largest absolute Gasteiger partial charge is 0.235 e. The topological polar surface area (TPSA) is 46.4 Å².